The van der Waals surface area contributed by atoms with E-state index in [2.05, 4.69) is 44.3 Å². The van der Waals surface area contributed by atoms with Crippen LogP contribution in [0.15, 0.2) is 18.2 Å². The fourth-order valence-electron chi connectivity index (χ4n) is 2.31. The van der Waals surface area contributed by atoms with Gasteiger partial charge in [-0.1, -0.05) is 25.1 Å². The Balaban J connectivity index is 2.64. The fraction of sp³-hybridized carbons (Fsp3) is 0.438. The summed E-state index contributed by atoms with van der Waals surface area (Å²) < 4.78 is 5.27. The lowest BCUT2D eigenvalue weighted by atomic mass is 10.0. The third-order valence-corrected chi connectivity index (χ3v) is 3.44. The van der Waals surface area contributed by atoms with Crippen molar-refractivity contribution in [3.8, 4) is 0 Å². The number of para-hydroxylation sites is 1. The van der Waals surface area contributed by atoms with Crippen LogP contribution in [0.3, 0.4) is 0 Å². The van der Waals surface area contributed by atoms with Crippen LogP contribution in [0.5, 0.6) is 0 Å². The average Bonchev–Trinajstić information content (AvgIpc) is 2.41. The zero-order valence-corrected chi connectivity index (χ0v) is 12.2. The average molecular weight is 258 g/mol. The SMILES string of the molecule is CCCNc1c(C)c(C)nc2c(COC)cccc12. The van der Waals surface area contributed by atoms with Crippen molar-refractivity contribution in [1.29, 1.82) is 0 Å². The van der Waals surface area contributed by atoms with E-state index in [9.17, 15) is 0 Å². The number of fused-ring (bicyclic) bond motifs is 1. The van der Waals surface area contributed by atoms with Gasteiger partial charge < -0.3 is 10.1 Å². The Morgan fingerprint density at radius 1 is 1.26 bits per heavy atom. The highest BCUT2D eigenvalue weighted by Crippen LogP contribution is 2.30. The second-order valence-electron chi connectivity index (χ2n) is 4.87. The van der Waals surface area contributed by atoms with E-state index in [1.54, 1.807) is 7.11 Å². The number of ether oxygens (including phenoxy) is 1. The van der Waals surface area contributed by atoms with Crippen LogP contribution < -0.4 is 5.32 Å². The number of rotatable bonds is 5. The van der Waals surface area contributed by atoms with Crippen molar-refractivity contribution < 1.29 is 4.74 Å². The highest BCUT2D eigenvalue weighted by molar-refractivity contribution is 5.95. The Labute approximate surface area is 115 Å². The molecule has 0 bridgehead atoms. The molecule has 0 amide bonds. The van der Waals surface area contributed by atoms with Gasteiger partial charge in [0, 0.05) is 36.0 Å². The first-order valence-electron chi connectivity index (χ1n) is 6.80. The molecular formula is C16H22N2O. The van der Waals surface area contributed by atoms with Crippen LogP contribution in [0, 0.1) is 13.8 Å². The number of aryl methyl sites for hydroxylation is 1. The second-order valence-corrected chi connectivity index (χ2v) is 4.87. The van der Waals surface area contributed by atoms with E-state index in [0.29, 0.717) is 6.61 Å². The van der Waals surface area contributed by atoms with Crippen molar-refractivity contribution in [3.05, 3.63) is 35.0 Å². The van der Waals surface area contributed by atoms with Gasteiger partial charge in [0.1, 0.15) is 0 Å². The lowest BCUT2D eigenvalue weighted by Gasteiger charge is -2.16. The summed E-state index contributed by atoms with van der Waals surface area (Å²) in [4.78, 5) is 4.74. The van der Waals surface area contributed by atoms with Gasteiger partial charge in [-0.05, 0) is 25.8 Å². The number of pyridine rings is 1. The van der Waals surface area contributed by atoms with Gasteiger partial charge in [0.15, 0.2) is 0 Å². The molecule has 1 aromatic carbocycles. The maximum atomic E-state index is 5.27. The molecule has 0 fully saturated rings. The Kier molecular flexibility index (Phi) is 4.38. The minimum atomic E-state index is 0.597. The monoisotopic (exact) mass is 258 g/mol. The van der Waals surface area contributed by atoms with Gasteiger partial charge in [-0.25, -0.2) is 0 Å². The van der Waals surface area contributed by atoms with Gasteiger partial charge in [0.2, 0.25) is 0 Å². The standard InChI is InChI=1S/C16H22N2O/c1-5-9-17-15-11(2)12(3)18-16-13(10-19-4)7-6-8-14(15)16/h6-8H,5,9-10H2,1-4H3,(H,17,18). The van der Waals surface area contributed by atoms with Crippen molar-refractivity contribution in [2.75, 3.05) is 19.0 Å². The number of hydrogen-bond acceptors (Lipinski definition) is 3. The topological polar surface area (TPSA) is 34.2 Å². The predicted octanol–water partition coefficient (Wildman–Crippen LogP) is 3.82. The van der Waals surface area contributed by atoms with Crippen molar-refractivity contribution in [2.24, 2.45) is 0 Å². The molecular weight excluding hydrogens is 236 g/mol. The van der Waals surface area contributed by atoms with E-state index in [0.717, 1.165) is 29.7 Å². The molecule has 102 valence electrons. The van der Waals surface area contributed by atoms with Crippen LogP contribution in [0.25, 0.3) is 10.9 Å². The minimum absolute atomic E-state index is 0.597. The normalized spacial score (nSPS) is 10.9. The molecule has 1 heterocycles. The number of nitrogens with zero attached hydrogens (tertiary/aromatic N) is 1. The highest BCUT2D eigenvalue weighted by atomic mass is 16.5. The Morgan fingerprint density at radius 3 is 2.74 bits per heavy atom. The summed E-state index contributed by atoms with van der Waals surface area (Å²) >= 11 is 0. The van der Waals surface area contributed by atoms with Crippen LogP contribution >= 0.6 is 0 Å². The molecule has 3 heteroatoms. The third-order valence-electron chi connectivity index (χ3n) is 3.44. The molecule has 2 rings (SSSR count). The maximum Gasteiger partial charge on any atom is 0.0781 e. The second kappa shape index (κ2) is 6.02. The number of anilines is 1. The molecule has 0 saturated carbocycles. The van der Waals surface area contributed by atoms with Crippen LogP contribution in [0.1, 0.15) is 30.2 Å². The van der Waals surface area contributed by atoms with Crippen LogP contribution in [-0.2, 0) is 11.3 Å². The number of aromatic nitrogens is 1. The van der Waals surface area contributed by atoms with Crippen LogP contribution in [0.4, 0.5) is 5.69 Å². The zero-order chi connectivity index (χ0) is 13.8. The molecule has 0 aliphatic rings. The largest absolute Gasteiger partial charge is 0.384 e. The summed E-state index contributed by atoms with van der Waals surface area (Å²) in [5, 5.41) is 4.72. The lowest BCUT2D eigenvalue weighted by Crippen LogP contribution is -2.05. The summed E-state index contributed by atoms with van der Waals surface area (Å²) in [5.74, 6) is 0. The summed E-state index contributed by atoms with van der Waals surface area (Å²) in [6, 6.07) is 6.29. The Morgan fingerprint density at radius 2 is 2.05 bits per heavy atom. The molecule has 0 atom stereocenters. The van der Waals surface area contributed by atoms with Gasteiger partial charge >= 0.3 is 0 Å². The zero-order valence-electron chi connectivity index (χ0n) is 12.2. The summed E-state index contributed by atoms with van der Waals surface area (Å²) in [5.41, 5.74) is 5.71. The molecule has 1 N–H and O–H groups in total. The molecule has 3 nitrogen and oxygen atoms in total. The number of benzene rings is 1. The van der Waals surface area contributed by atoms with Crippen molar-refractivity contribution >= 4 is 16.6 Å². The van der Waals surface area contributed by atoms with E-state index in [1.807, 2.05) is 0 Å². The Bertz CT molecular complexity index is 578. The van der Waals surface area contributed by atoms with Gasteiger partial charge in [0.05, 0.1) is 12.1 Å². The molecule has 1 aromatic heterocycles. The highest BCUT2D eigenvalue weighted by Gasteiger charge is 2.11. The fourth-order valence-corrected chi connectivity index (χ4v) is 2.31. The van der Waals surface area contributed by atoms with Gasteiger partial charge in [-0.2, -0.15) is 0 Å². The van der Waals surface area contributed by atoms with E-state index < -0.39 is 0 Å². The third kappa shape index (κ3) is 2.71. The van der Waals surface area contributed by atoms with E-state index in [-0.39, 0.29) is 0 Å². The molecule has 0 saturated heterocycles. The smallest absolute Gasteiger partial charge is 0.0781 e. The van der Waals surface area contributed by atoms with Crippen molar-refractivity contribution in [3.63, 3.8) is 0 Å². The number of methoxy groups -OCH3 is 1. The van der Waals surface area contributed by atoms with Crippen LogP contribution in [0.2, 0.25) is 0 Å². The molecule has 19 heavy (non-hydrogen) atoms. The number of nitrogens with one attached hydrogen (secondary N) is 1. The molecule has 0 radical (unpaired) electrons. The Hall–Kier alpha value is -1.61. The summed E-state index contributed by atoms with van der Waals surface area (Å²) in [6.45, 7) is 7.95. The molecule has 0 aliphatic heterocycles. The summed E-state index contributed by atoms with van der Waals surface area (Å²) in [6.07, 6.45) is 1.11. The van der Waals surface area contributed by atoms with Crippen molar-refractivity contribution in [1.82, 2.24) is 4.98 Å². The quantitative estimate of drug-likeness (QED) is 0.885. The van der Waals surface area contributed by atoms with Gasteiger partial charge in [-0.15, -0.1) is 0 Å². The van der Waals surface area contributed by atoms with Gasteiger partial charge in [0.25, 0.3) is 0 Å². The van der Waals surface area contributed by atoms with E-state index >= 15 is 0 Å². The van der Waals surface area contributed by atoms with Gasteiger partial charge in [-0.3, -0.25) is 4.98 Å². The van der Waals surface area contributed by atoms with E-state index in [4.69, 9.17) is 9.72 Å². The maximum absolute atomic E-state index is 5.27. The molecule has 2 aromatic rings. The first kappa shape index (κ1) is 13.8. The molecule has 0 spiro atoms. The first-order chi connectivity index (χ1) is 9.19. The van der Waals surface area contributed by atoms with Crippen molar-refractivity contribution in [2.45, 2.75) is 33.8 Å². The summed E-state index contributed by atoms with van der Waals surface area (Å²) in [7, 11) is 1.72. The molecule has 0 unspecified atom stereocenters. The minimum Gasteiger partial charge on any atom is -0.384 e. The lowest BCUT2D eigenvalue weighted by molar-refractivity contribution is 0.186. The van der Waals surface area contributed by atoms with Crippen LogP contribution in [-0.4, -0.2) is 18.6 Å². The predicted molar refractivity (Wildman–Crippen MR) is 80.7 cm³/mol. The first-order valence-corrected chi connectivity index (χ1v) is 6.80. The molecule has 0 aliphatic carbocycles. The number of hydrogen-bond donors (Lipinski definition) is 1. The van der Waals surface area contributed by atoms with E-state index in [1.165, 1.54) is 16.6 Å².